The molecule has 176 valence electrons. The fourth-order valence-electron chi connectivity index (χ4n) is 3.37. The monoisotopic (exact) mass is 505 g/mol. The fourth-order valence-corrected chi connectivity index (χ4v) is 4.37. The number of hydrogen-bond donors (Lipinski definition) is 1. The number of nitriles is 1. The van der Waals surface area contributed by atoms with Crippen LogP contribution in [0, 0.1) is 11.3 Å². The number of methoxy groups -OCH3 is 2. The van der Waals surface area contributed by atoms with Gasteiger partial charge in [-0.2, -0.15) is 5.26 Å². The van der Waals surface area contributed by atoms with Crippen molar-refractivity contribution in [3.05, 3.63) is 87.7 Å². The molecule has 4 rings (SSSR count). The van der Waals surface area contributed by atoms with Crippen molar-refractivity contribution in [3.8, 4) is 23.3 Å². The number of halogens is 1. The smallest absolute Gasteiger partial charge is 0.268 e. The lowest BCUT2D eigenvalue weighted by Crippen LogP contribution is -2.13. The van der Waals surface area contributed by atoms with Crippen molar-refractivity contribution >= 4 is 40.1 Å². The summed E-state index contributed by atoms with van der Waals surface area (Å²) >= 11 is 7.58. The normalized spacial score (nSPS) is 11.1. The van der Waals surface area contributed by atoms with E-state index in [1.165, 1.54) is 31.6 Å². The Morgan fingerprint density at radius 2 is 1.91 bits per heavy atom. The van der Waals surface area contributed by atoms with Crippen LogP contribution in [0.1, 0.15) is 16.3 Å². The zero-order valence-electron chi connectivity index (χ0n) is 18.9. The fraction of sp³-hybridized carbons (Fsp3) is 0.120. The van der Waals surface area contributed by atoms with Crippen LogP contribution >= 0.6 is 22.9 Å². The molecule has 0 fully saturated rings. The van der Waals surface area contributed by atoms with Crippen LogP contribution < -0.4 is 14.8 Å². The van der Waals surface area contributed by atoms with Crippen LogP contribution in [0.4, 0.5) is 5.13 Å². The molecule has 0 unspecified atom stereocenters. The molecule has 2 aromatic carbocycles. The van der Waals surface area contributed by atoms with Crippen LogP contribution in [0.2, 0.25) is 5.02 Å². The third kappa shape index (κ3) is 5.51. The minimum atomic E-state index is -0.581. The first-order valence-corrected chi connectivity index (χ1v) is 11.6. The minimum Gasteiger partial charge on any atom is -0.495 e. The van der Waals surface area contributed by atoms with Gasteiger partial charge in [0, 0.05) is 24.4 Å². The Labute approximate surface area is 211 Å². The molecule has 8 nitrogen and oxygen atoms in total. The molecular formula is C25H20ClN5O3S. The Morgan fingerprint density at radius 3 is 2.63 bits per heavy atom. The summed E-state index contributed by atoms with van der Waals surface area (Å²) in [6, 6.07) is 18.7. The van der Waals surface area contributed by atoms with Crippen molar-refractivity contribution in [3.63, 3.8) is 0 Å². The van der Waals surface area contributed by atoms with Crippen molar-refractivity contribution in [2.24, 2.45) is 0 Å². The van der Waals surface area contributed by atoms with Crippen molar-refractivity contribution in [1.29, 1.82) is 5.26 Å². The Kier molecular flexibility index (Phi) is 7.45. The number of nitrogens with one attached hydrogen (secondary N) is 1. The standard InChI is InChI=1S/C25H20ClN5O3S/c1-33-21-14-22(34-2)20(13-19(21)26)31-10-6-9-18(31)12-17(15-27)24(32)28-25-30-29-23(35-25)11-16-7-4-3-5-8-16/h3-10,12-14H,11H2,1-2H3,(H,28,30,32)/b17-12-. The van der Waals surface area contributed by atoms with E-state index in [4.69, 9.17) is 21.1 Å². The molecular weight excluding hydrogens is 486 g/mol. The molecule has 4 aromatic rings. The molecule has 2 aromatic heterocycles. The maximum absolute atomic E-state index is 12.8. The summed E-state index contributed by atoms with van der Waals surface area (Å²) in [5.74, 6) is 0.402. The largest absolute Gasteiger partial charge is 0.495 e. The van der Waals surface area contributed by atoms with E-state index in [-0.39, 0.29) is 5.57 Å². The maximum atomic E-state index is 12.8. The highest BCUT2D eigenvalue weighted by molar-refractivity contribution is 7.15. The number of carbonyl (C=O) groups excluding carboxylic acids is 1. The van der Waals surface area contributed by atoms with Gasteiger partial charge in [0.15, 0.2) is 0 Å². The second-order valence-corrected chi connectivity index (χ2v) is 8.72. The van der Waals surface area contributed by atoms with Crippen molar-refractivity contribution in [2.75, 3.05) is 19.5 Å². The minimum absolute atomic E-state index is 0.0941. The number of aromatic nitrogens is 3. The van der Waals surface area contributed by atoms with Gasteiger partial charge in [-0.15, -0.1) is 10.2 Å². The van der Waals surface area contributed by atoms with E-state index in [0.717, 1.165) is 10.6 Å². The van der Waals surface area contributed by atoms with Crippen molar-refractivity contribution in [2.45, 2.75) is 6.42 Å². The zero-order valence-corrected chi connectivity index (χ0v) is 20.4. The molecule has 0 aliphatic carbocycles. The average molecular weight is 506 g/mol. The zero-order chi connectivity index (χ0) is 24.8. The van der Waals surface area contributed by atoms with Crippen LogP contribution in [-0.4, -0.2) is 34.9 Å². The molecule has 0 aliphatic heterocycles. The van der Waals surface area contributed by atoms with E-state index in [1.54, 1.807) is 35.0 Å². The topological polar surface area (TPSA) is 102 Å². The average Bonchev–Trinajstić information content (AvgIpc) is 3.52. The van der Waals surface area contributed by atoms with Crippen LogP contribution in [0.5, 0.6) is 11.5 Å². The van der Waals surface area contributed by atoms with Gasteiger partial charge < -0.3 is 14.0 Å². The lowest BCUT2D eigenvalue weighted by atomic mass is 10.2. The van der Waals surface area contributed by atoms with Gasteiger partial charge >= 0.3 is 0 Å². The summed E-state index contributed by atoms with van der Waals surface area (Å²) in [6.07, 6.45) is 3.87. The SMILES string of the molecule is COc1cc(OC)c(-n2cccc2/C=C(/C#N)C(=O)Nc2nnc(Cc3ccccc3)s2)cc1Cl. The lowest BCUT2D eigenvalue weighted by molar-refractivity contribution is -0.112. The van der Waals surface area contributed by atoms with Gasteiger partial charge in [-0.25, -0.2) is 0 Å². The Hall–Kier alpha value is -4.13. The van der Waals surface area contributed by atoms with Gasteiger partial charge in [-0.3, -0.25) is 10.1 Å². The predicted octanol–water partition coefficient (Wildman–Crippen LogP) is 5.14. The molecule has 0 saturated heterocycles. The van der Waals surface area contributed by atoms with E-state index >= 15 is 0 Å². The molecule has 0 aliphatic rings. The van der Waals surface area contributed by atoms with E-state index in [9.17, 15) is 10.1 Å². The van der Waals surface area contributed by atoms with Crippen LogP contribution in [0.25, 0.3) is 11.8 Å². The Bertz CT molecular complexity index is 1420. The summed E-state index contributed by atoms with van der Waals surface area (Å²) in [5, 5.41) is 22.0. The predicted molar refractivity (Wildman–Crippen MR) is 135 cm³/mol. The summed E-state index contributed by atoms with van der Waals surface area (Å²) in [4.78, 5) is 12.8. The van der Waals surface area contributed by atoms with E-state index in [2.05, 4.69) is 15.5 Å². The Morgan fingerprint density at radius 1 is 1.14 bits per heavy atom. The molecule has 0 atom stereocenters. The van der Waals surface area contributed by atoms with Gasteiger partial charge in [-0.05, 0) is 29.8 Å². The number of hydrogen-bond acceptors (Lipinski definition) is 7. The summed E-state index contributed by atoms with van der Waals surface area (Å²) < 4.78 is 12.5. The lowest BCUT2D eigenvalue weighted by Gasteiger charge is -2.14. The molecule has 2 heterocycles. The van der Waals surface area contributed by atoms with Gasteiger partial charge in [0.05, 0.1) is 24.9 Å². The third-order valence-electron chi connectivity index (χ3n) is 5.04. The first kappa shape index (κ1) is 24.0. The van der Waals surface area contributed by atoms with Gasteiger partial charge in [0.1, 0.15) is 28.1 Å². The molecule has 0 radical (unpaired) electrons. The summed E-state index contributed by atoms with van der Waals surface area (Å²) in [6.45, 7) is 0. The molecule has 0 saturated carbocycles. The first-order chi connectivity index (χ1) is 17.0. The molecule has 1 amide bonds. The molecule has 0 bridgehead atoms. The molecule has 0 spiro atoms. The highest BCUT2D eigenvalue weighted by Crippen LogP contribution is 2.35. The number of nitrogens with zero attached hydrogens (tertiary/aromatic N) is 4. The van der Waals surface area contributed by atoms with E-state index in [0.29, 0.717) is 39.5 Å². The van der Waals surface area contributed by atoms with E-state index in [1.807, 2.05) is 36.4 Å². The van der Waals surface area contributed by atoms with Gasteiger partial charge in [0.25, 0.3) is 5.91 Å². The van der Waals surface area contributed by atoms with Crippen molar-refractivity contribution in [1.82, 2.24) is 14.8 Å². The quantitative estimate of drug-likeness (QED) is 0.263. The number of benzene rings is 2. The summed E-state index contributed by atoms with van der Waals surface area (Å²) in [7, 11) is 3.05. The van der Waals surface area contributed by atoms with Crippen LogP contribution in [0.15, 0.2) is 66.4 Å². The molecule has 35 heavy (non-hydrogen) atoms. The second-order valence-electron chi connectivity index (χ2n) is 7.25. The number of rotatable bonds is 8. The number of anilines is 1. The highest BCUT2D eigenvalue weighted by atomic mass is 35.5. The number of carbonyl (C=O) groups is 1. The second kappa shape index (κ2) is 10.9. The summed E-state index contributed by atoms with van der Waals surface area (Å²) in [5.41, 5.74) is 2.21. The van der Waals surface area contributed by atoms with Crippen LogP contribution in [-0.2, 0) is 11.2 Å². The molecule has 1 N–H and O–H groups in total. The highest BCUT2D eigenvalue weighted by Gasteiger charge is 2.16. The number of ether oxygens (including phenoxy) is 2. The van der Waals surface area contributed by atoms with Crippen molar-refractivity contribution < 1.29 is 14.3 Å². The number of amides is 1. The Balaban J connectivity index is 1.56. The van der Waals surface area contributed by atoms with Crippen LogP contribution in [0.3, 0.4) is 0 Å². The third-order valence-corrected chi connectivity index (χ3v) is 6.17. The first-order valence-electron chi connectivity index (χ1n) is 10.4. The van der Waals surface area contributed by atoms with E-state index < -0.39 is 5.91 Å². The molecule has 10 heteroatoms. The van der Waals surface area contributed by atoms with Gasteiger partial charge in [-0.1, -0.05) is 53.3 Å². The maximum Gasteiger partial charge on any atom is 0.268 e. The van der Waals surface area contributed by atoms with Gasteiger partial charge in [0.2, 0.25) is 5.13 Å².